The quantitative estimate of drug-likeness (QED) is 0.655. The maximum atomic E-state index is 2.29. The molecule has 0 saturated carbocycles. The molecular formula is C15H23. The van der Waals surface area contributed by atoms with Gasteiger partial charge < -0.3 is 0 Å². The standard InChI is InChI=1S/C15H23/c1-10(2)13-8-7-9-14(11(3)4)15(13)12(5)6/h7-10,12H,1-6H3. The van der Waals surface area contributed by atoms with Crippen LogP contribution in [0.4, 0.5) is 0 Å². The van der Waals surface area contributed by atoms with Gasteiger partial charge in [-0.15, -0.1) is 0 Å². The molecule has 0 heterocycles. The molecule has 0 aliphatic rings. The monoisotopic (exact) mass is 203 g/mol. The van der Waals surface area contributed by atoms with Gasteiger partial charge in [0.25, 0.3) is 0 Å². The molecule has 1 radical (unpaired) electrons. The maximum Gasteiger partial charge on any atom is -0.000901 e. The van der Waals surface area contributed by atoms with Gasteiger partial charge in [0.15, 0.2) is 0 Å². The summed E-state index contributed by atoms with van der Waals surface area (Å²) < 4.78 is 0. The summed E-state index contributed by atoms with van der Waals surface area (Å²) >= 11 is 0. The highest BCUT2D eigenvalue weighted by Gasteiger charge is 2.15. The third-order valence-corrected chi connectivity index (χ3v) is 2.88. The number of hydrogen-bond acceptors (Lipinski definition) is 0. The van der Waals surface area contributed by atoms with Gasteiger partial charge in [-0.2, -0.15) is 0 Å². The van der Waals surface area contributed by atoms with Crippen molar-refractivity contribution in [1.82, 2.24) is 0 Å². The molecule has 0 spiro atoms. The first-order chi connectivity index (χ1) is 6.95. The highest BCUT2D eigenvalue weighted by atomic mass is 14.2. The summed E-state index contributed by atoms with van der Waals surface area (Å²) in [6.07, 6.45) is 0. The normalized spacial score (nSPS) is 11.8. The van der Waals surface area contributed by atoms with Gasteiger partial charge in [0.2, 0.25) is 0 Å². The number of rotatable bonds is 3. The topological polar surface area (TPSA) is 0 Å². The van der Waals surface area contributed by atoms with Gasteiger partial charge in [0.1, 0.15) is 0 Å². The first-order valence-electron chi connectivity index (χ1n) is 5.88. The van der Waals surface area contributed by atoms with Crippen LogP contribution in [0.2, 0.25) is 0 Å². The molecule has 0 fully saturated rings. The van der Waals surface area contributed by atoms with Crippen LogP contribution in [-0.2, 0) is 0 Å². The first kappa shape index (κ1) is 12.3. The number of hydrogen-bond donors (Lipinski definition) is 0. The zero-order valence-electron chi connectivity index (χ0n) is 10.9. The van der Waals surface area contributed by atoms with E-state index >= 15 is 0 Å². The lowest BCUT2D eigenvalue weighted by molar-refractivity contribution is 0.779. The fraction of sp³-hybridized carbons (Fsp3) is 0.533. The molecule has 0 aliphatic heterocycles. The lowest BCUT2D eigenvalue weighted by atomic mass is 9.83. The molecule has 0 heteroatoms. The molecule has 15 heavy (non-hydrogen) atoms. The van der Waals surface area contributed by atoms with E-state index in [2.05, 4.69) is 59.7 Å². The molecule has 0 N–H and O–H groups in total. The zero-order valence-corrected chi connectivity index (χ0v) is 10.9. The van der Waals surface area contributed by atoms with E-state index < -0.39 is 0 Å². The second-order valence-corrected chi connectivity index (χ2v) is 5.12. The fourth-order valence-corrected chi connectivity index (χ4v) is 2.17. The Kier molecular flexibility index (Phi) is 3.96. The Bertz CT molecular complexity index is 293. The van der Waals surface area contributed by atoms with E-state index in [1.54, 1.807) is 0 Å². The van der Waals surface area contributed by atoms with Gasteiger partial charge in [0.05, 0.1) is 0 Å². The Morgan fingerprint density at radius 3 is 1.93 bits per heavy atom. The van der Waals surface area contributed by atoms with Crippen LogP contribution < -0.4 is 0 Å². The van der Waals surface area contributed by atoms with Crippen LogP contribution >= 0.6 is 0 Å². The summed E-state index contributed by atoms with van der Waals surface area (Å²) in [5.74, 6) is 2.64. The first-order valence-corrected chi connectivity index (χ1v) is 5.88. The summed E-state index contributed by atoms with van der Waals surface area (Å²) in [4.78, 5) is 0. The Morgan fingerprint density at radius 1 is 0.933 bits per heavy atom. The molecule has 0 nitrogen and oxygen atoms in total. The summed E-state index contributed by atoms with van der Waals surface area (Å²) in [5, 5.41) is 0. The van der Waals surface area contributed by atoms with Crippen molar-refractivity contribution in [2.45, 2.75) is 53.4 Å². The molecular weight excluding hydrogens is 180 g/mol. The van der Waals surface area contributed by atoms with Crippen molar-refractivity contribution in [3.63, 3.8) is 0 Å². The maximum absolute atomic E-state index is 2.29. The van der Waals surface area contributed by atoms with Crippen molar-refractivity contribution in [3.8, 4) is 0 Å². The van der Waals surface area contributed by atoms with E-state index in [1.807, 2.05) is 0 Å². The molecule has 0 bridgehead atoms. The van der Waals surface area contributed by atoms with Crippen LogP contribution in [-0.4, -0.2) is 0 Å². The van der Waals surface area contributed by atoms with E-state index in [-0.39, 0.29) is 0 Å². The van der Waals surface area contributed by atoms with Gasteiger partial charge in [-0.05, 0) is 34.4 Å². The van der Waals surface area contributed by atoms with Crippen LogP contribution in [0.1, 0.15) is 70.1 Å². The minimum absolute atomic E-state index is 0.605. The predicted molar refractivity (Wildman–Crippen MR) is 68.3 cm³/mol. The van der Waals surface area contributed by atoms with E-state index in [9.17, 15) is 0 Å². The van der Waals surface area contributed by atoms with Gasteiger partial charge in [-0.25, -0.2) is 0 Å². The molecule has 1 aromatic rings. The number of benzene rings is 1. The Morgan fingerprint density at radius 2 is 1.53 bits per heavy atom. The third-order valence-electron chi connectivity index (χ3n) is 2.88. The molecule has 0 unspecified atom stereocenters. The smallest absolute Gasteiger partial charge is 0.000901 e. The minimum Gasteiger partial charge on any atom is -0.0617 e. The van der Waals surface area contributed by atoms with Crippen LogP contribution in [0.15, 0.2) is 18.2 Å². The zero-order chi connectivity index (χ0) is 11.6. The lowest BCUT2D eigenvalue weighted by Crippen LogP contribution is -2.05. The molecule has 0 amide bonds. The molecule has 0 atom stereocenters. The molecule has 1 rings (SSSR count). The van der Waals surface area contributed by atoms with Gasteiger partial charge >= 0.3 is 0 Å². The van der Waals surface area contributed by atoms with Crippen molar-refractivity contribution < 1.29 is 0 Å². The van der Waals surface area contributed by atoms with Gasteiger partial charge in [-0.1, -0.05) is 59.7 Å². The van der Waals surface area contributed by atoms with Crippen LogP contribution in [0.25, 0.3) is 0 Å². The van der Waals surface area contributed by atoms with Gasteiger partial charge in [0, 0.05) is 0 Å². The van der Waals surface area contributed by atoms with E-state index in [0.717, 1.165) is 0 Å². The summed E-state index contributed by atoms with van der Waals surface area (Å²) in [6.45, 7) is 13.5. The average Bonchev–Trinajstić information content (AvgIpc) is 2.16. The summed E-state index contributed by atoms with van der Waals surface area (Å²) in [7, 11) is 0. The summed E-state index contributed by atoms with van der Waals surface area (Å²) in [6, 6.07) is 6.70. The highest BCUT2D eigenvalue weighted by molar-refractivity contribution is 5.45. The predicted octanol–water partition coefficient (Wildman–Crippen LogP) is 4.90. The second-order valence-electron chi connectivity index (χ2n) is 5.12. The van der Waals surface area contributed by atoms with Crippen molar-refractivity contribution in [2.24, 2.45) is 0 Å². The fourth-order valence-electron chi connectivity index (χ4n) is 2.17. The van der Waals surface area contributed by atoms with Crippen LogP contribution in [0.3, 0.4) is 0 Å². The van der Waals surface area contributed by atoms with E-state index in [0.29, 0.717) is 11.8 Å². The second kappa shape index (κ2) is 4.83. The molecule has 0 aromatic heterocycles. The minimum atomic E-state index is 0.605. The Hall–Kier alpha value is -0.780. The van der Waals surface area contributed by atoms with Crippen LogP contribution in [0, 0.1) is 5.92 Å². The highest BCUT2D eigenvalue weighted by Crippen LogP contribution is 2.32. The van der Waals surface area contributed by atoms with E-state index in [1.165, 1.54) is 22.6 Å². The third kappa shape index (κ3) is 2.62. The molecule has 1 aromatic carbocycles. The lowest BCUT2D eigenvalue weighted by Gasteiger charge is -2.21. The van der Waals surface area contributed by atoms with Crippen molar-refractivity contribution in [1.29, 1.82) is 0 Å². The van der Waals surface area contributed by atoms with Crippen LogP contribution in [0.5, 0.6) is 0 Å². The van der Waals surface area contributed by atoms with Crippen molar-refractivity contribution in [2.75, 3.05) is 0 Å². The van der Waals surface area contributed by atoms with E-state index in [4.69, 9.17) is 0 Å². The Balaban J connectivity index is 3.35. The Labute approximate surface area is 94.7 Å². The largest absolute Gasteiger partial charge is 0.0617 e. The van der Waals surface area contributed by atoms with Crippen molar-refractivity contribution >= 4 is 0 Å². The van der Waals surface area contributed by atoms with Crippen molar-refractivity contribution in [3.05, 3.63) is 40.8 Å². The average molecular weight is 203 g/mol. The molecule has 0 saturated heterocycles. The van der Waals surface area contributed by atoms with Gasteiger partial charge in [-0.3, -0.25) is 0 Å². The molecule has 0 aliphatic carbocycles. The SMILES string of the molecule is C[C](C)c1cccc(C(C)C)c1C(C)C. The molecule has 83 valence electrons. The summed E-state index contributed by atoms with van der Waals surface area (Å²) in [5.41, 5.74) is 4.48.